The summed E-state index contributed by atoms with van der Waals surface area (Å²) in [5.41, 5.74) is 0. The second-order valence-electron chi connectivity index (χ2n) is 6.88. The van der Waals surface area contributed by atoms with Gasteiger partial charge in [-0.1, -0.05) is 25.3 Å². The standard InChI is InChI=1S/C20H24F5NO8Si/c1-4-14(27)32-35(33-15(28)5-2,34-16(29)6-3)10-8-7-9-26(25)20(30)31-13-11-12(21)17(22)19(24)18(13)23/h11H,4-10H2,1-3H3. The minimum atomic E-state index is -4.21. The molecule has 9 nitrogen and oxygen atoms in total. The molecule has 35 heavy (non-hydrogen) atoms. The van der Waals surface area contributed by atoms with Gasteiger partial charge in [0.05, 0.1) is 12.6 Å². The number of rotatable bonds is 12. The van der Waals surface area contributed by atoms with Crippen molar-refractivity contribution < 1.29 is 59.2 Å². The van der Waals surface area contributed by atoms with E-state index >= 15 is 0 Å². The first kappa shape index (κ1) is 29.8. The molecule has 0 N–H and O–H groups in total. The van der Waals surface area contributed by atoms with Crippen molar-refractivity contribution in [3.05, 3.63) is 29.3 Å². The van der Waals surface area contributed by atoms with Crippen LogP contribution in [0.5, 0.6) is 5.75 Å². The van der Waals surface area contributed by atoms with E-state index in [1.165, 1.54) is 20.8 Å². The van der Waals surface area contributed by atoms with Crippen LogP contribution in [0.1, 0.15) is 52.9 Å². The van der Waals surface area contributed by atoms with Crippen molar-refractivity contribution in [3.8, 4) is 5.75 Å². The third-order valence-corrected chi connectivity index (χ3v) is 6.81. The van der Waals surface area contributed by atoms with E-state index in [1.807, 2.05) is 0 Å². The molecule has 1 rings (SSSR count). The van der Waals surface area contributed by atoms with Crippen molar-refractivity contribution in [2.75, 3.05) is 6.54 Å². The molecule has 15 heteroatoms. The molecule has 0 spiro atoms. The molecule has 0 heterocycles. The van der Waals surface area contributed by atoms with Crippen molar-refractivity contribution >= 4 is 32.8 Å². The second-order valence-corrected chi connectivity index (χ2v) is 9.35. The maximum atomic E-state index is 14.0. The Labute approximate surface area is 198 Å². The molecule has 0 aromatic heterocycles. The Bertz CT molecular complexity index is 903. The fraction of sp³-hybridized carbons (Fsp3) is 0.500. The average Bonchev–Trinajstić information content (AvgIpc) is 2.83. The second kappa shape index (κ2) is 13.6. The minimum absolute atomic E-state index is 0.0334. The van der Waals surface area contributed by atoms with E-state index in [2.05, 4.69) is 4.74 Å². The molecule has 0 aliphatic heterocycles. The fourth-order valence-corrected chi connectivity index (χ4v) is 4.99. The smallest absolute Gasteiger partial charge is 0.455 e. The van der Waals surface area contributed by atoms with Crippen LogP contribution in [0.2, 0.25) is 6.04 Å². The Hall–Kier alpha value is -3.23. The topological polar surface area (TPSA) is 108 Å². The van der Waals surface area contributed by atoms with Gasteiger partial charge in [-0.05, 0) is 12.8 Å². The monoisotopic (exact) mass is 529 g/mol. The lowest BCUT2D eigenvalue weighted by molar-refractivity contribution is -0.150. The first-order chi connectivity index (χ1) is 16.4. The van der Waals surface area contributed by atoms with Crippen LogP contribution in [0, 0.1) is 23.3 Å². The summed E-state index contributed by atoms with van der Waals surface area (Å²) in [6.07, 6.45) is -2.48. The van der Waals surface area contributed by atoms with Crippen LogP contribution in [-0.2, 0) is 27.7 Å². The fourth-order valence-electron chi connectivity index (χ4n) is 2.40. The molecule has 0 saturated heterocycles. The van der Waals surface area contributed by atoms with Crippen LogP contribution >= 0.6 is 0 Å². The number of ether oxygens (including phenoxy) is 1. The van der Waals surface area contributed by atoms with E-state index < -0.39 is 73.5 Å². The van der Waals surface area contributed by atoms with Gasteiger partial charge in [0.2, 0.25) is 11.6 Å². The summed E-state index contributed by atoms with van der Waals surface area (Å²) >= 11 is 0. The molecular weight excluding hydrogens is 505 g/mol. The van der Waals surface area contributed by atoms with Crippen molar-refractivity contribution in [3.63, 3.8) is 0 Å². The molecule has 0 atom stereocenters. The van der Waals surface area contributed by atoms with Gasteiger partial charge in [0.15, 0.2) is 17.4 Å². The van der Waals surface area contributed by atoms with E-state index in [0.717, 1.165) is 0 Å². The molecule has 196 valence electrons. The Morgan fingerprint density at radius 1 is 0.800 bits per heavy atom. The van der Waals surface area contributed by atoms with Crippen molar-refractivity contribution in [1.82, 2.24) is 5.12 Å². The van der Waals surface area contributed by atoms with Gasteiger partial charge in [-0.2, -0.15) is 4.39 Å². The Balaban J connectivity index is 2.83. The molecule has 0 saturated carbocycles. The maximum absolute atomic E-state index is 14.0. The number of benzene rings is 1. The predicted octanol–water partition coefficient (Wildman–Crippen LogP) is 4.51. The molecule has 0 aliphatic carbocycles. The van der Waals surface area contributed by atoms with Gasteiger partial charge in [0, 0.05) is 25.3 Å². The lowest BCUT2D eigenvalue weighted by Gasteiger charge is -2.27. The summed E-state index contributed by atoms with van der Waals surface area (Å²) in [7, 11) is -4.21. The Morgan fingerprint density at radius 3 is 1.74 bits per heavy atom. The number of carbonyl (C=O) groups excluding carboxylic acids is 4. The van der Waals surface area contributed by atoms with E-state index in [4.69, 9.17) is 13.3 Å². The van der Waals surface area contributed by atoms with Gasteiger partial charge < -0.3 is 18.0 Å². The number of carbonyl (C=O) groups is 4. The summed E-state index contributed by atoms with van der Waals surface area (Å²) in [6.45, 7) is 3.67. The molecule has 0 radical (unpaired) electrons. The van der Waals surface area contributed by atoms with Gasteiger partial charge >= 0.3 is 14.9 Å². The molecule has 1 amide bonds. The number of halogens is 5. The van der Waals surface area contributed by atoms with Crippen molar-refractivity contribution in [2.45, 2.75) is 58.9 Å². The molecule has 1 aromatic rings. The van der Waals surface area contributed by atoms with Crippen LogP contribution < -0.4 is 4.74 Å². The molecule has 0 fully saturated rings. The molecule has 0 aliphatic rings. The summed E-state index contributed by atoms with van der Waals surface area (Å²) < 4.78 is 86.8. The highest BCUT2D eigenvalue weighted by Crippen LogP contribution is 2.26. The van der Waals surface area contributed by atoms with E-state index in [9.17, 15) is 41.2 Å². The number of amides is 1. The summed E-state index contributed by atoms with van der Waals surface area (Å²) in [5.74, 6) is -12.1. The Kier molecular flexibility index (Phi) is 11.6. The Morgan fingerprint density at radius 2 is 1.29 bits per heavy atom. The zero-order chi connectivity index (χ0) is 26.8. The number of hydrogen-bond donors (Lipinski definition) is 0. The van der Waals surface area contributed by atoms with E-state index in [0.29, 0.717) is 0 Å². The molecular formula is C20H24F5NO8Si. The highest BCUT2D eigenvalue weighted by Gasteiger charge is 2.52. The largest absolute Gasteiger partial charge is 0.705 e. The van der Waals surface area contributed by atoms with Gasteiger partial charge in [0.25, 0.3) is 17.9 Å². The molecule has 1 aromatic carbocycles. The van der Waals surface area contributed by atoms with Crippen LogP contribution in [0.25, 0.3) is 0 Å². The SMILES string of the molecule is CCC(=O)O[Si](CCCCN(F)C(=O)Oc1cc(F)c(F)c(F)c1F)(OC(=O)CC)OC(=O)CC. The van der Waals surface area contributed by atoms with E-state index in [1.54, 1.807) is 0 Å². The van der Waals surface area contributed by atoms with Gasteiger partial charge in [0.1, 0.15) is 0 Å². The lowest BCUT2D eigenvalue weighted by Crippen LogP contribution is -2.50. The normalized spacial score (nSPS) is 11.0. The summed E-state index contributed by atoms with van der Waals surface area (Å²) in [4.78, 5) is 47.3. The van der Waals surface area contributed by atoms with Gasteiger partial charge in [-0.25, -0.2) is 18.0 Å². The number of nitrogens with zero attached hydrogens (tertiary/aromatic N) is 1. The number of unbranched alkanes of at least 4 members (excludes halogenated alkanes) is 1. The quantitative estimate of drug-likeness (QED) is 0.0972. The van der Waals surface area contributed by atoms with Gasteiger partial charge in [-0.15, -0.1) is 5.12 Å². The zero-order valence-corrected chi connectivity index (χ0v) is 20.1. The summed E-state index contributed by atoms with van der Waals surface area (Å²) in [6, 6.07) is -0.256. The highest BCUT2D eigenvalue weighted by molar-refractivity contribution is 6.65. The highest BCUT2D eigenvalue weighted by atomic mass is 28.4. The van der Waals surface area contributed by atoms with Crippen molar-refractivity contribution in [1.29, 1.82) is 0 Å². The average molecular weight is 529 g/mol. The van der Waals surface area contributed by atoms with Crippen LogP contribution in [0.3, 0.4) is 0 Å². The van der Waals surface area contributed by atoms with Crippen molar-refractivity contribution in [2.24, 2.45) is 0 Å². The zero-order valence-electron chi connectivity index (χ0n) is 19.1. The molecule has 0 bridgehead atoms. The minimum Gasteiger partial charge on any atom is -0.455 e. The third kappa shape index (κ3) is 8.81. The maximum Gasteiger partial charge on any atom is 0.705 e. The van der Waals surface area contributed by atoms with Crippen LogP contribution in [0.15, 0.2) is 6.07 Å². The van der Waals surface area contributed by atoms with E-state index in [-0.39, 0.29) is 44.2 Å². The molecule has 0 unspecified atom stereocenters. The lowest BCUT2D eigenvalue weighted by atomic mass is 10.3. The van der Waals surface area contributed by atoms with Crippen LogP contribution in [-0.4, -0.2) is 44.5 Å². The summed E-state index contributed by atoms with van der Waals surface area (Å²) in [5, 5.41) is -0.560. The van der Waals surface area contributed by atoms with Gasteiger partial charge in [-0.3, -0.25) is 14.4 Å². The predicted molar refractivity (Wildman–Crippen MR) is 109 cm³/mol. The first-order valence-corrected chi connectivity index (χ1v) is 12.5. The third-order valence-electron chi connectivity index (χ3n) is 4.23. The number of hydrogen-bond acceptors (Lipinski definition) is 8. The van der Waals surface area contributed by atoms with Crippen LogP contribution in [0.4, 0.5) is 26.8 Å². The first-order valence-electron chi connectivity index (χ1n) is 10.5.